The lowest BCUT2D eigenvalue weighted by Crippen LogP contribution is -2.26. The monoisotopic (exact) mass is 257 g/mol. The molecular formula is C10H15N3O3S. The molecule has 0 saturated carbocycles. The molecule has 1 aromatic carbocycles. The van der Waals surface area contributed by atoms with Gasteiger partial charge in [-0.1, -0.05) is 0 Å². The average molecular weight is 257 g/mol. The molecule has 17 heavy (non-hydrogen) atoms. The summed E-state index contributed by atoms with van der Waals surface area (Å²) in [6, 6.07) is 6.09. The van der Waals surface area contributed by atoms with Crippen molar-refractivity contribution in [2.24, 2.45) is 5.14 Å². The Morgan fingerprint density at radius 2 is 1.82 bits per heavy atom. The van der Waals surface area contributed by atoms with Gasteiger partial charge in [0.15, 0.2) is 0 Å². The van der Waals surface area contributed by atoms with Crippen LogP contribution in [0, 0.1) is 0 Å². The summed E-state index contributed by atoms with van der Waals surface area (Å²) in [7, 11) is -3.64. The molecule has 4 N–H and O–H groups in total. The number of carbonyl (C=O) groups excluding carboxylic acids is 1. The van der Waals surface area contributed by atoms with Gasteiger partial charge in [-0.3, -0.25) is 4.79 Å². The Morgan fingerprint density at radius 3 is 2.29 bits per heavy atom. The first kappa shape index (κ1) is 13.5. The molecule has 0 aliphatic heterocycles. The van der Waals surface area contributed by atoms with Gasteiger partial charge in [-0.15, -0.1) is 0 Å². The van der Waals surface area contributed by atoms with E-state index < -0.39 is 10.0 Å². The van der Waals surface area contributed by atoms with Crippen LogP contribution in [0.25, 0.3) is 0 Å². The van der Waals surface area contributed by atoms with Crippen molar-refractivity contribution in [3.8, 4) is 0 Å². The third kappa shape index (κ3) is 4.83. The summed E-state index contributed by atoms with van der Waals surface area (Å²) in [5, 5.41) is 10.6. The Hall–Kier alpha value is -1.60. The first-order valence-corrected chi connectivity index (χ1v) is 6.55. The van der Waals surface area contributed by atoms with Gasteiger partial charge in [-0.2, -0.15) is 0 Å². The predicted molar refractivity (Wildman–Crippen MR) is 65.0 cm³/mol. The summed E-state index contributed by atoms with van der Waals surface area (Å²) >= 11 is 0. The highest BCUT2D eigenvalue weighted by atomic mass is 32.2. The van der Waals surface area contributed by atoms with Gasteiger partial charge in [0.25, 0.3) is 0 Å². The first-order chi connectivity index (χ1) is 7.89. The lowest BCUT2D eigenvalue weighted by Gasteiger charge is -2.07. The van der Waals surface area contributed by atoms with Crippen molar-refractivity contribution in [1.29, 1.82) is 0 Å². The van der Waals surface area contributed by atoms with Crippen molar-refractivity contribution in [3.63, 3.8) is 0 Å². The Bertz CT molecular complexity index is 482. The number of nitrogens with two attached hydrogens (primary N) is 1. The summed E-state index contributed by atoms with van der Waals surface area (Å²) in [6.45, 7) is 2.52. The van der Waals surface area contributed by atoms with E-state index in [1.165, 1.54) is 19.1 Å². The van der Waals surface area contributed by atoms with Crippen molar-refractivity contribution in [2.45, 2.75) is 11.8 Å². The number of hydrogen-bond donors (Lipinski definition) is 3. The van der Waals surface area contributed by atoms with Gasteiger partial charge >= 0.3 is 0 Å². The molecule has 0 aliphatic rings. The minimum atomic E-state index is -3.64. The quantitative estimate of drug-likeness (QED) is 0.640. The molecule has 94 valence electrons. The number of nitrogens with one attached hydrogen (secondary N) is 2. The van der Waals surface area contributed by atoms with Crippen LogP contribution in [0.15, 0.2) is 29.2 Å². The maximum absolute atomic E-state index is 11.0. The van der Waals surface area contributed by atoms with E-state index in [9.17, 15) is 13.2 Å². The second-order valence-corrected chi connectivity index (χ2v) is 5.04. The highest BCUT2D eigenvalue weighted by Crippen LogP contribution is 2.11. The fourth-order valence-corrected chi connectivity index (χ4v) is 1.72. The molecule has 0 bridgehead atoms. The Morgan fingerprint density at radius 1 is 1.24 bits per heavy atom. The smallest absolute Gasteiger partial charge is 0.238 e. The van der Waals surface area contributed by atoms with Gasteiger partial charge in [-0.25, -0.2) is 13.6 Å². The lowest BCUT2D eigenvalue weighted by molar-refractivity contribution is -0.118. The van der Waals surface area contributed by atoms with Crippen molar-refractivity contribution in [3.05, 3.63) is 24.3 Å². The fourth-order valence-electron chi connectivity index (χ4n) is 1.21. The third-order valence-electron chi connectivity index (χ3n) is 2.01. The highest BCUT2D eigenvalue weighted by molar-refractivity contribution is 7.89. The minimum Gasteiger partial charge on any atom is -0.383 e. The number of primary sulfonamides is 1. The SMILES string of the molecule is CC(=O)NCCNc1ccc(S(N)(=O)=O)cc1. The van der Waals surface area contributed by atoms with Crippen LogP contribution in [0.2, 0.25) is 0 Å². The van der Waals surface area contributed by atoms with E-state index in [1.54, 1.807) is 12.1 Å². The number of benzene rings is 1. The topological polar surface area (TPSA) is 101 Å². The van der Waals surface area contributed by atoms with E-state index in [0.717, 1.165) is 5.69 Å². The average Bonchev–Trinajstić information content (AvgIpc) is 2.23. The Kier molecular flexibility index (Phi) is 4.47. The summed E-state index contributed by atoms with van der Waals surface area (Å²) in [4.78, 5) is 10.7. The third-order valence-corrected chi connectivity index (χ3v) is 2.94. The first-order valence-electron chi connectivity index (χ1n) is 5.01. The largest absolute Gasteiger partial charge is 0.383 e. The normalized spacial score (nSPS) is 10.9. The molecule has 0 spiro atoms. The van der Waals surface area contributed by atoms with Crippen molar-refractivity contribution in [1.82, 2.24) is 5.32 Å². The molecule has 0 atom stereocenters. The van der Waals surface area contributed by atoms with Crippen LogP contribution in [0.3, 0.4) is 0 Å². The van der Waals surface area contributed by atoms with Gasteiger partial charge in [-0.05, 0) is 24.3 Å². The number of rotatable bonds is 5. The summed E-state index contributed by atoms with van der Waals surface area (Å²) in [5.41, 5.74) is 0.766. The van der Waals surface area contributed by atoms with Crippen molar-refractivity contribution in [2.75, 3.05) is 18.4 Å². The maximum atomic E-state index is 11.0. The Balaban J connectivity index is 2.49. The molecule has 0 aromatic heterocycles. The van der Waals surface area contributed by atoms with E-state index in [4.69, 9.17) is 5.14 Å². The molecule has 0 saturated heterocycles. The van der Waals surface area contributed by atoms with E-state index >= 15 is 0 Å². The molecule has 1 rings (SSSR count). The summed E-state index contributed by atoms with van der Waals surface area (Å²) in [5.74, 6) is -0.0867. The van der Waals surface area contributed by atoms with Crippen LogP contribution in [0.1, 0.15) is 6.92 Å². The van der Waals surface area contributed by atoms with Crippen LogP contribution in [0.5, 0.6) is 0 Å². The number of carbonyl (C=O) groups is 1. The van der Waals surface area contributed by atoms with Crippen LogP contribution in [-0.2, 0) is 14.8 Å². The second-order valence-electron chi connectivity index (χ2n) is 3.48. The minimum absolute atomic E-state index is 0.0740. The van der Waals surface area contributed by atoms with Gasteiger partial charge in [0.2, 0.25) is 15.9 Å². The molecule has 6 nitrogen and oxygen atoms in total. The molecule has 1 aromatic rings. The molecule has 0 heterocycles. The summed E-state index contributed by atoms with van der Waals surface area (Å²) in [6.07, 6.45) is 0. The zero-order chi connectivity index (χ0) is 12.9. The molecule has 0 radical (unpaired) electrons. The zero-order valence-corrected chi connectivity index (χ0v) is 10.3. The van der Waals surface area contributed by atoms with E-state index in [0.29, 0.717) is 13.1 Å². The molecule has 1 amide bonds. The van der Waals surface area contributed by atoms with Crippen LogP contribution >= 0.6 is 0 Å². The standard InChI is InChI=1S/C10H15N3O3S/c1-8(14)12-6-7-13-9-2-4-10(5-3-9)17(11,15)16/h2-5,13H,6-7H2,1H3,(H,12,14)(H2,11,15,16). The van der Waals surface area contributed by atoms with Crippen LogP contribution < -0.4 is 15.8 Å². The van der Waals surface area contributed by atoms with Gasteiger partial charge in [0.1, 0.15) is 0 Å². The lowest BCUT2D eigenvalue weighted by atomic mass is 10.3. The van der Waals surface area contributed by atoms with E-state index in [-0.39, 0.29) is 10.8 Å². The second kappa shape index (κ2) is 5.65. The molecular weight excluding hydrogens is 242 g/mol. The van der Waals surface area contributed by atoms with Crippen LogP contribution in [0.4, 0.5) is 5.69 Å². The Labute approximate surface area is 100 Å². The van der Waals surface area contributed by atoms with E-state index in [2.05, 4.69) is 10.6 Å². The van der Waals surface area contributed by atoms with Gasteiger partial charge in [0, 0.05) is 25.7 Å². The number of sulfonamides is 1. The van der Waals surface area contributed by atoms with E-state index in [1.807, 2.05) is 0 Å². The zero-order valence-electron chi connectivity index (χ0n) is 9.43. The maximum Gasteiger partial charge on any atom is 0.238 e. The number of anilines is 1. The van der Waals surface area contributed by atoms with Crippen LogP contribution in [-0.4, -0.2) is 27.4 Å². The summed E-state index contributed by atoms with van der Waals surface area (Å²) < 4.78 is 22.0. The highest BCUT2D eigenvalue weighted by Gasteiger charge is 2.06. The number of hydrogen-bond acceptors (Lipinski definition) is 4. The van der Waals surface area contributed by atoms with Crippen molar-refractivity contribution >= 4 is 21.6 Å². The number of amides is 1. The predicted octanol–water partition coefficient (Wildman–Crippen LogP) is -0.118. The van der Waals surface area contributed by atoms with Gasteiger partial charge in [0.05, 0.1) is 4.90 Å². The molecule has 0 aliphatic carbocycles. The molecule has 7 heteroatoms. The molecule has 0 fully saturated rings. The van der Waals surface area contributed by atoms with Crippen molar-refractivity contribution < 1.29 is 13.2 Å². The fraction of sp³-hybridized carbons (Fsp3) is 0.300. The molecule has 0 unspecified atom stereocenters. The van der Waals surface area contributed by atoms with Gasteiger partial charge < -0.3 is 10.6 Å².